The van der Waals surface area contributed by atoms with Gasteiger partial charge in [-0.1, -0.05) is 12.8 Å². The molecule has 2 rings (SSSR count). The molecule has 4 nitrogen and oxygen atoms in total. The molecule has 1 aliphatic carbocycles. The largest absolute Gasteiger partial charge is 0.469 e. The Labute approximate surface area is 108 Å². The Kier molecular flexibility index (Phi) is 4.42. The maximum atomic E-state index is 12.0. The molecule has 0 radical (unpaired) electrons. The van der Waals surface area contributed by atoms with E-state index in [1.165, 1.54) is 25.7 Å². The number of furan rings is 1. The Morgan fingerprint density at radius 1 is 1.50 bits per heavy atom. The Hall–Kier alpha value is -1.29. The van der Waals surface area contributed by atoms with Crippen molar-refractivity contribution in [1.82, 2.24) is 10.2 Å². The predicted molar refractivity (Wildman–Crippen MR) is 70.2 cm³/mol. The lowest BCUT2D eigenvalue weighted by atomic mass is 10.2. The topological polar surface area (TPSA) is 45.5 Å². The van der Waals surface area contributed by atoms with Crippen molar-refractivity contribution in [2.24, 2.45) is 0 Å². The number of carbonyl (C=O) groups is 1. The van der Waals surface area contributed by atoms with Gasteiger partial charge < -0.3 is 14.6 Å². The van der Waals surface area contributed by atoms with Crippen molar-refractivity contribution in [2.75, 3.05) is 13.6 Å². The van der Waals surface area contributed by atoms with E-state index in [9.17, 15) is 4.79 Å². The van der Waals surface area contributed by atoms with Crippen LogP contribution >= 0.6 is 0 Å². The summed E-state index contributed by atoms with van der Waals surface area (Å²) in [7, 11) is 1.84. The van der Waals surface area contributed by atoms with Gasteiger partial charge in [0.1, 0.15) is 5.76 Å². The van der Waals surface area contributed by atoms with Crippen molar-refractivity contribution in [1.29, 1.82) is 0 Å². The van der Waals surface area contributed by atoms with Gasteiger partial charge in [-0.2, -0.15) is 0 Å². The third-order valence-corrected chi connectivity index (χ3v) is 3.70. The highest BCUT2D eigenvalue weighted by Gasteiger charge is 2.17. The van der Waals surface area contributed by atoms with Crippen molar-refractivity contribution < 1.29 is 9.21 Å². The second-order valence-corrected chi connectivity index (χ2v) is 5.11. The van der Waals surface area contributed by atoms with Crippen LogP contribution in [0.1, 0.15) is 37.0 Å². The molecule has 1 amide bonds. The summed E-state index contributed by atoms with van der Waals surface area (Å²) in [5.41, 5.74) is 1.08. The van der Waals surface area contributed by atoms with Crippen molar-refractivity contribution >= 4 is 5.91 Å². The number of carbonyl (C=O) groups excluding carboxylic acids is 1. The van der Waals surface area contributed by atoms with E-state index in [0.29, 0.717) is 19.1 Å². The minimum atomic E-state index is 0.141. The molecular formula is C14H22N2O2. The predicted octanol–water partition coefficient (Wildman–Crippen LogP) is 2.08. The van der Waals surface area contributed by atoms with Gasteiger partial charge in [0, 0.05) is 25.2 Å². The van der Waals surface area contributed by atoms with E-state index in [-0.39, 0.29) is 5.91 Å². The number of amides is 1. The Morgan fingerprint density at radius 3 is 2.83 bits per heavy atom. The number of hydrogen-bond donors (Lipinski definition) is 1. The van der Waals surface area contributed by atoms with Gasteiger partial charge in [0.25, 0.3) is 0 Å². The van der Waals surface area contributed by atoms with E-state index in [1.54, 1.807) is 11.2 Å². The van der Waals surface area contributed by atoms with Gasteiger partial charge in [-0.15, -0.1) is 0 Å². The third kappa shape index (κ3) is 3.35. The number of hydrogen-bond acceptors (Lipinski definition) is 3. The van der Waals surface area contributed by atoms with Crippen LogP contribution in [0.4, 0.5) is 0 Å². The standard InChI is InChI=1S/C14H22N2O2/c1-11-12(7-8-18-11)10-16(2)14(17)9-15-13-5-3-4-6-13/h7-8,13,15H,3-6,9-10H2,1-2H3. The molecule has 0 saturated heterocycles. The minimum Gasteiger partial charge on any atom is -0.469 e. The minimum absolute atomic E-state index is 0.141. The summed E-state index contributed by atoms with van der Waals surface area (Å²) in [6, 6.07) is 2.46. The third-order valence-electron chi connectivity index (χ3n) is 3.70. The fourth-order valence-corrected chi connectivity index (χ4v) is 2.42. The number of aryl methyl sites for hydroxylation is 1. The smallest absolute Gasteiger partial charge is 0.236 e. The SMILES string of the molecule is Cc1occc1CN(C)C(=O)CNC1CCCC1. The van der Waals surface area contributed by atoms with Crippen molar-refractivity contribution in [2.45, 2.75) is 45.2 Å². The van der Waals surface area contributed by atoms with Gasteiger partial charge in [0.15, 0.2) is 0 Å². The number of nitrogens with one attached hydrogen (secondary N) is 1. The van der Waals surface area contributed by atoms with Crippen LogP contribution in [0.25, 0.3) is 0 Å². The second-order valence-electron chi connectivity index (χ2n) is 5.11. The first-order valence-corrected chi connectivity index (χ1v) is 6.67. The van der Waals surface area contributed by atoms with Crippen LogP contribution in [0.5, 0.6) is 0 Å². The summed E-state index contributed by atoms with van der Waals surface area (Å²) in [4.78, 5) is 13.7. The van der Waals surface area contributed by atoms with Crippen LogP contribution < -0.4 is 5.32 Å². The summed E-state index contributed by atoms with van der Waals surface area (Å²) >= 11 is 0. The quantitative estimate of drug-likeness (QED) is 0.870. The highest BCUT2D eigenvalue weighted by molar-refractivity contribution is 5.78. The van der Waals surface area contributed by atoms with Gasteiger partial charge in [-0.05, 0) is 25.8 Å². The normalized spacial score (nSPS) is 16.1. The van der Waals surface area contributed by atoms with E-state index < -0.39 is 0 Å². The molecule has 1 N–H and O–H groups in total. The highest BCUT2D eigenvalue weighted by atomic mass is 16.3. The molecule has 0 aromatic carbocycles. The Morgan fingerprint density at radius 2 is 2.22 bits per heavy atom. The van der Waals surface area contributed by atoms with E-state index in [0.717, 1.165) is 11.3 Å². The summed E-state index contributed by atoms with van der Waals surface area (Å²) < 4.78 is 5.23. The molecule has 0 unspecified atom stereocenters. The Bertz CT molecular complexity index is 394. The molecule has 1 aromatic rings. The first-order chi connectivity index (χ1) is 8.66. The zero-order chi connectivity index (χ0) is 13.0. The molecule has 1 aliphatic rings. The molecular weight excluding hydrogens is 228 g/mol. The molecule has 4 heteroatoms. The maximum absolute atomic E-state index is 12.0. The van der Waals surface area contributed by atoms with Crippen molar-refractivity contribution in [3.63, 3.8) is 0 Å². The van der Waals surface area contributed by atoms with Crippen LogP contribution in [-0.2, 0) is 11.3 Å². The highest BCUT2D eigenvalue weighted by Crippen LogP contribution is 2.17. The number of nitrogens with zero attached hydrogens (tertiary/aromatic N) is 1. The molecule has 0 spiro atoms. The first-order valence-electron chi connectivity index (χ1n) is 6.67. The van der Waals surface area contributed by atoms with Crippen LogP contribution in [-0.4, -0.2) is 30.4 Å². The van der Waals surface area contributed by atoms with E-state index in [4.69, 9.17) is 4.42 Å². The molecule has 18 heavy (non-hydrogen) atoms. The molecule has 1 heterocycles. The molecule has 0 atom stereocenters. The molecule has 0 aliphatic heterocycles. The zero-order valence-corrected chi connectivity index (χ0v) is 11.2. The fourth-order valence-electron chi connectivity index (χ4n) is 2.42. The van der Waals surface area contributed by atoms with Gasteiger partial charge in [-0.25, -0.2) is 0 Å². The summed E-state index contributed by atoms with van der Waals surface area (Å²) in [5, 5.41) is 3.34. The van der Waals surface area contributed by atoms with Gasteiger partial charge in [0.05, 0.1) is 12.8 Å². The van der Waals surface area contributed by atoms with Crippen LogP contribution in [0, 0.1) is 6.92 Å². The lowest BCUT2D eigenvalue weighted by Crippen LogP contribution is -2.38. The van der Waals surface area contributed by atoms with E-state index in [1.807, 2.05) is 20.0 Å². The van der Waals surface area contributed by atoms with Crippen LogP contribution in [0.2, 0.25) is 0 Å². The van der Waals surface area contributed by atoms with Crippen LogP contribution in [0.3, 0.4) is 0 Å². The summed E-state index contributed by atoms with van der Waals surface area (Å²) in [6.07, 6.45) is 6.65. The lowest BCUT2D eigenvalue weighted by molar-refractivity contribution is -0.129. The fraction of sp³-hybridized carbons (Fsp3) is 0.643. The molecule has 1 saturated carbocycles. The molecule has 0 bridgehead atoms. The molecule has 1 aromatic heterocycles. The summed E-state index contributed by atoms with van der Waals surface area (Å²) in [6.45, 7) is 2.98. The average molecular weight is 250 g/mol. The number of rotatable bonds is 5. The van der Waals surface area contributed by atoms with Crippen LogP contribution in [0.15, 0.2) is 16.7 Å². The van der Waals surface area contributed by atoms with E-state index >= 15 is 0 Å². The van der Waals surface area contributed by atoms with E-state index in [2.05, 4.69) is 5.32 Å². The monoisotopic (exact) mass is 250 g/mol. The van der Waals surface area contributed by atoms with Gasteiger partial charge >= 0.3 is 0 Å². The van der Waals surface area contributed by atoms with Crippen molar-refractivity contribution in [3.05, 3.63) is 23.7 Å². The number of likely N-dealkylation sites (N-methyl/N-ethyl adjacent to an activating group) is 1. The zero-order valence-electron chi connectivity index (χ0n) is 11.2. The Balaban J connectivity index is 1.76. The van der Waals surface area contributed by atoms with Crippen molar-refractivity contribution in [3.8, 4) is 0 Å². The lowest BCUT2D eigenvalue weighted by Gasteiger charge is -2.19. The summed E-state index contributed by atoms with van der Waals surface area (Å²) in [5.74, 6) is 1.03. The molecule has 100 valence electrons. The van der Waals surface area contributed by atoms with Gasteiger partial charge in [-0.3, -0.25) is 4.79 Å². The van der Waals surface area contributed by atoms with Gasteiger partial charge in [0.2, 0.25) is 5.91 Å². The first kappa shape index (κ1) is 13.1. The second kappa shape index (κ2) is 6.05. The average Bonchev–Trinajstić information content (AvgIpc) is 2.99. The molecule has 1 fully saturated rings. The maximum Gasteiger partial charge on any atom is 0.236 e.